The van der Waals surface area contributed by atoms with Crippen molar-refractivity contribution in [3.05, 3.63) is 33.8 Å². The van der Waals surface area contributed by atoms with Crippen LogP contribution in [0.4, 0.5) is 0 Å². The van der Waals surface area contributed by atoms with Crippen LogP contribution in [0.5, 0.6) is 0 Å². The molecule has 0 aromatic heterocycles. The third-order valence-electron chi connectivity index (χ3n) is 3.20. The zero-order chi connectivity index (χ0) is 12.4. The minimum Gasteiger partial charge on any atom is -0.381 e. The van der Waals surface area contributed by atoms with Gasteiger partial charge in [-0.25, -0.2) is 0 Å². The maximum absolute atomic E-state index is 12.0. The summed E-state index contributed by atoms with van der Waals surface area (Å²) < 4.78 is 6.06. The molecule has 1 N–H and O–H groups in total. The molecule has 1 aliphatic rings. The number of carbonyl (C=O) groups excluding carboxylic acids is 1. The molecular formula is C13H16BrNO2. The predicted molar refractivity (Wildman–Crippen MR) is 70.2 cm³/mol. The fourth-order valence-corrected chi connectivity index (χ4v) is 2.41. The first kappa shape index (κ1) is 12.6. The highest BCUT2D eigenvalue weighted by Crippen LogP contribution is 2.25. The van der Waals surface area contributed by atoms with E-state index < -0.39 is 0 Å². The van der Waals surface area contributed by atoms with Gasteiger partial charge in [-0.3, -0.25) is 4.79 Å². The Bertz CT molecular complexity index is 427. The van der Waals surface area contributed by atoms with Crippen molar-refractivity contribution in [2.24, 2.45) is 0 Å². The molecular weight excluding hydrogens is 282 g/mol. The van der Waals surface area contributed by atoms with Crippen molar-refractivity contribution in [2.45, 2.75) is 31.9 Å². The van der Waals surface area contributed by atoms with Crippen LogP contribution in [0.1, 0.15) is 28.8 Å². The lowest BCUT2D eigenvalue weighted by atomic mass is 9.89. The molecule has 1 fully saturated rings. The maximum atomic E-state index is 12.0. The summed E-state index contributed by atoms with van der Waals surface area (Å²) in [5.41, 5.74) is 1.77. The lowest BCUT2D eigenvalue weighted by Gasteiger charge is -2.34. The van der Waals surface area contributed by atoms with Crippen LogP contribution < -0.4 is 5.32 Å². The van der Waals surface area contributed by atoms with E-state index in [0.717, 1.165) is 22.9 Å². The highest BCUT2D eigenvalue weighted by molar-refractivity contribution is 9.10. The number of nitrogens with one attached hydrogen (secondary N) is 1. The molecule has 1 saturated carbocycles. The Kier molecular flexibility index (Phi) is 3.84. The lowest BCUT2D eigenvalue weighted by Crippen LogP contribution is -2.47. The molecule has 0 atom stereocenters. The van der Waals surface area contributed by atoms with Gasteiger partial charge in [0.1, 0.15) is 0 Å². The molecule has 4 heteroatoms. The first-order valence-corrected chi connectivity index (χ1v) is 6.50. The Morgan fingerprint density at radius 1 is 1.47 bits per heavy atom. The Labute approximate surface area is 110 Å². The van der Waals surface area contributed by atoms with Crippen molar-refractivity contribution in [1.29, 1.82) is 0 Å². The summed E-state index contributed by atoms with van der Waals surface area (Å²) in [5, 5.41) is 3.02. The van der Waals surface area contributed by atoms with Gasteiger partial charge in [0, 0.05) is 17.6 Å². The highest BCUT2D eigenvalue weighted by atomic mass is 79.9. The quantitative estimate of drug-likeness (QED) is 0.931. The second kappa shape index (κ2) is 5.19. The number of hydrogen-bond acceptors (Lipinski definition) is 2. The molecule has 1 amide bonds. The SMILES string of the molecule is COC1CC(NC(=O)c2cccc(C)c2Br)C1. The van der Waals surface area contributed by atoms with Gasteiger partial charge in [-0.2, -0.15) is 0 Å². The third kappa shape index (κ3) is 2.69. The topological polar surface area (TPSA) is 38.3 Å². The summed E-state index contributed by atoms with van der Waals surface area (Å²) in [6, 6.07) is 5.96. The molecule has 0 spiro atoms. The van der Waals surface area contributed by atoms with Gasteiger partial charge in [0.05, 0.1) is 11.7 Å². The van der Waals surface area contributed by atoms with E-state index in [1.54, 1.807) is 7.11 Å². The number of methoxy groups -OCH3 is 1. The lowest BCUT2D eigenvalue weighted by molar-refractivity contribution is 0.0176. The smallest absolute Gasteiger partial charge is 0.252 e. The molecule has 1 aromatic rings. The summed E-state index contributed by atoms with van der Waals surface area (Å²) in [7, 11) is 1.71. The molecule has 0 bridgehead atoms. The zero-order valence-corrected chi connectivity index (χ0v) is 11.6. The second-order valence-corrected chi connectivity index (χ2v) is 5.23. The molecule has 1 aromatic carbocycles. The van der Waals surface area contributed by atoms with Gasteiger partial charge < -0.3 is 10.1 Å². The van der Waals surface area contributed by atoms with E-state index in [9.17, 15) is 4.79 Å². The number of carbonyl (C=O) groups is 1. The molecule has 0 heterocycles. The first-order valence-electron chi connectivity index (χ1n) is 5.70. The molecule has 0 unspecified atom stereocenters. The molecule has 3 nitrogen and oxygen atoms in total. The van der Waals surface area contributed by atoms with E-state index in [4.69, 9.17) is 4.74 Å². The minimum absolute atomic E-state index is 0.0138. The monoisotopic (exact) mass is 297 g/mol. The zero-order valence-electron chi connectivity index (χ0n) is 10.00. The van der Waals surface area contributed by atoms with Crippen LogP contribution in [-0.2, 0) is 4.74 Å². The fourth-order valence-electron chi connectivity index (χ4n) is 1.96. The molecule has 17 heavy (non-hydrogen) atoms. The van der Waals surface area contributed by atoms with E-state index in [-0.39, 0.29) is 11.9 Å². The molecule has 0 radical (unpaired) electrons. The number of aryl methyl sites for hydroxylation is 1. The van der Waals surface area contributed by atoms with E-state index in [2.05, 4.69) is 21.2 Å². The van der Waals surface area contributed by atoms with Crippen molar-refractivity contribution >= 4 is 21.8 Å². The van der Waals surface area contributed by atoms with Crippen molar-refractivity contribution in [2.75, 3.05) is 7.11 Å². The highest BCUT2D eigenvalue weighted by Gasteiger charge is 2.30. The average Bonchev–Trinajstić information content (AvgIpc) is 2.26. The first-order chi connectivity index (χ1) is 8.11. The maximum Gasteiger partial charge on any atom is 0.252 e. The van der Waals surface area contributed by atoms with E-state index >= 15 is 0 Å². The van der Waals surface area contributed by atoms with Crippen LogP contribution >= 0.6 is 15.9 Å². The van der Waals surface area contributed by atoms with Gasteiger partial charge in [0.15, 0.2) is 0 Å². The Morgan fingerprint density at radius 2 is 2.18 bits per heavy atom. The summed E-state index contributed by atoms with van der Waals surface area (Å²) in [6.45, 7) is 1.98. The molecule has 2 rings (SSSR count). The van der Waals surface area contributed by atoms with Crippen LogP contribution in [0.25, 0.3) is 0 Å². The predicted octanol–water partition coefficient (Wildman–Crippen LogP) is 2.66. The van der Waals surface area contributed by atoms with Crippen LogP contribution in [-0.4, -0.2) is 25.2 Å². The van der Waals surface area contributed by atoms with Gasteiger partial charge in [-0.1, -0.05) is 12.1 Å². The van der Waals surface area contributed by atoms with Crippen molar-refractivity contribution in [1.82, 2.24) is 5.32 Å². The van der Waals surface area contributed by atoms with E-state index in [1.165, 1.54) is 0 Å². The number of benzene rings is 1. The molecule has 0 aliphatic heterocycles. The number of amides is 1. The standard InChI is InChI=1S/C13H16BrNO2/c1-8-4-3-5-11(12(8)14)13(16)15-9-6-10(7-9)17-2/h3-5,9-10H,6-7H2,1-2H3,(H,15,16). The Balaban J connectivity index is 1.99. The number of ether oxygens (including phenoxy) is 1. The summed E-state index contributed by atoms with van der Waals surface area (Å²) in [5.74, 6) is -0.0138. The Hall–Kier alpha value is -0.870. The third-order valence-corrected chi connectivity index (χ3v) is 4.25. The number of hydrogen-bond donors (Lipinski definition) is 1. The van der Waals surface area contributed by atoms with Crippen LogP contribution in [0.15, 0.2) is 22.7 Å². The van der Waals surface area contributed by atoms with Gasteiger partial charge in [-0.05, 0) is 47.3 Å². The number of halogens is 1. The summed E-state index contributed by atoms with van der Waals surface area (Å²) in [6.07, 6.45) is 2.12. The normalized spacial score (nSPS) is 23.0. The second-order valence-electron chi connectivity index (χ2n) is 4.44. The van der Waals surface area contributed by atoms with Gasteiger partial charge in [0.25, 0.3) is 5.91 Å². The molecule has 1 aliphatic carbocycles. The van der Waals surface area contributed by atoms with Gasteiger partial charge in [0.2, 0.25) is 0 Å². The summed E-state index contributed by atoms with van der Waals surface area (Å²) >= 11 is 3.45. The van der Waals surface area contributed by atoms with E-state index in [0.29, 0.717) is 11.7 Å². The number of rotatable bonds is 3. The van der Waals surface area contributed by atoms with Crippen molar-refractivity contribution in [3.8, 4) is 0 Å². The Morgan fingerprint density at radius 3 is 2.82 bits per heavy atom. The van der Waals surface area contributed by atoms with Crippen LogP contribution in [0, 0.1) is 6.92 Å². The van der Waals surface area contributed by atoms with Crippen LogP contribution in [0.3, 0.4) is 0 Å². The van der Waals surface area contributed by atoms with E-state index in [1.807, 2.05) is 25.1 Å². The average molecular weight is 298 g/mol. The van der Waals surface area contributed by atoms with Gasteiger partial charge >= 0.3 is 0 Å². The van der Waals surface area contributed by atoms with Crippen molar-refractivity contribution in [3.63, 3.8) is 0 Å². The molecule has 92 valence electrons. The largest absolute Gasteiger partial charge is 0.381 e. The molecule has 0 saturated heterocycles. The summed E-state index contributed by atoms with van der Waals surface area (Å²) in [4.78, 5) is 12.0. The van der Waals surface area contributed by atoms with Crippen molar-refractivity contribution < 1.29 is 9.53 Å². The van der Waals surface area contributed by atoms with Gasteiger partial charge in [-0.15, -0.1) is 0 Å². The van der Waals surface area contributed by atoms with Crippen LogP contribution in [0.2, 0.25) is 0 Å². The minimum atomic E-state index is -0.0138. The fraction of sp³-hybridized carbons (Fsp3) is 0.462.